The van der Waals surface area contributed by atoms with Gasteiger partial charge in [0.25, 0.3) is 0 Å². The number of benzene rings is 7. The van der Waals surface area contributed by atoms with Gasteiger partial charge in [-0.3, -0.25) is 0 Å². The van der Waals surface area contributed by atoms with Crippen LogP contribution in [0.2, 0.25) is 0 Å². The Labute approximate surface area is 352 Å². The van der Waals surface area contributed by atoms with Crippen molar-refractivity contribution in [2.45, 2.75) is 38.0 Å². The summed E-state index contributed by atoms with van der Waals surface area (Å²) in [5.41, 5.74) is 14.7. The van der Waals surface area contributed by atoms with Crippen LogP contribution >= 0.6 is 11.3 Å². The third-order valence-corrected chi connectivity index (χ3v) is 13.5. The highest BCUT2D eigenvalue weighted by Crippen LogP contribution is 2.46. The van der Waals surface area contributed by atoms with Gasteiger partial charge >= 0.3 is 0 Å². The lowest BCUT2D eigenvalue weighted by molar-refractivity contribution is 0.594. The SMILES string of the molecule is CC1CC(N(C2=CCC(C)(c3ccc(-c4ccc(-c5ccc(N(c6ccccc6)c6ccccc6)cc5)cc4)cc3)C=C2)c2ccccc2)=Cc2c1sc1ccccc21. The Kier molecular flexibility index (Phi) is 9.68. The Morgan fingerprint density at radius 1 is 0.525 bits per heavy atom. The first kappa shape index (κ1) is 36.6. The Hall–Kier alpha value is -6.68. The second-order valence-corrected chi connectivity index (χ2v) is 17.2. The number of anilines is 4. The van der Waals surface area contributed by atoms with Crippen LogP contribution in [-0.4, -0.2) is 0 Å². The van der Waals surface area contributed by atoms with Crippen molar-refractivity contribution >= 4 is 50.2 Å². The van der Waals surface area contributed by atoms with Crippen molar-refractivity contribution in [3.8, 4) is 22.3 Å². The summed E-state index contributed by atoms with van der Waals surface area (Å²) >= 11 is 1.96. The average Bonchev–Trinajstić information content (AvgIpc) is 3.68. The van der Waals surface area contributed by atoms with Gasteiger partial charge in [-0.25, -0.2) is 0 Å². The molecule has 0 saturated carbocycles. The summed E-state index contributed by atoms with van der Waals surface area (Å²) in [6.07, 6.45) is 11.6. The number of fused-ring (bicyclic) bond motifs is 3. The van der Waals surface area contributed by atoms with Crippen molar-refractivity contribution in [2.75, 3.05) is 9.80 Å². The number of hydrogen-bond donors (Lipinski definition) is 0. The topological polar surface area (TPSA) is 6.48 Å². The van der Waals surface area contributed by atoms with Crippen LogP contribution in [0.4, 0.5) is 22.7 Å². The minimum absolute atomic E-state index is 0.0953. The van der Waals surface area contributed by atoms with Gasteiger partial charge in [0.15, 0.2) is 0 Å². The number of hydrogen-bond acceptors (Lipinski definition) is 3. The van der Waals surface area contributed by atoms with Gasteiger partial charge in [-0.1, -0.05) is 159 Å². The van der Waals surface area contributed by atoms with Gasteiger partial charge in [0, 0.05) is 54.5 Å². The Balaban J connectivity index is 0.863. The lowest BCUT2D eigenvalue weighted by Gasteiger charge is -2.36. The van der Waals surface area contributed by atoms with Gasteiger partial charge in [0.05, 0.1) is 0 Å². The molecule has 0 amide bonds. The normalized spacial score (nSPS) is 17.2. The van der Waals surface area contributed by atoms with E-state index in [0.717, 1.165) is 29.9 Å². The summed E-state index contributed by atoms with van der Waals surface area (Å²) in [5.74, 6) is 0.463. The van der Waals surface area contributed by atoms with Gasteiger partial charge in [0.1, 0.15) is 0 Å². The monoisotopic (exact) mass is 778 g/mol. The fraction of sp³-hybridized carbons (Fsp3) is 0.107. The van der Waals surface area contributed by atoms with Gasteiger partial charge in [0.2, 0.25) is 0 Å². The quantitative estimate of drug-likeness (QED) is 0.144. The van der Waals surface area contributed by atoms with Crippen molar-refractivity contribution < 1.29 is 0 Å². The van der Waals surface area contributed by atoms with E-state index in [-0.39, 0.29) is 5.41 Å². The summed E-state index contributed by atoms with van der Waals surface area (Å²) in [7, 11) is 0. The maximum atomic E-state index is 2.49. The molecule has 0 fully saturated rings. The zero-order valence-electron chi connectivity index (χ0n) is 33.5. The van der Waals surface area contributed by atoms with Crippen LogP contribution in [0.15, 0.2) is 218 Å². The summed E-state index contributed by atoms with van der Waals surface area (Å²) in [6, 6.07) is 67.9. The molecular weight excluding hydrogens is 733 g/mol. The molecule has 2 aliphatic rings. The maximum absolute atomic E-state index is 2.49. The van der Waals surface area contributed by atoms with Crippen molar-refractivity contribution in [2.24, 2.45) is 0 Å². The molecule has 1 aromatic heterocycles. The second kappa shape index (κ2) is 15.6. The molecule has 2 nitrogen and oxygen atoms in total. The number of allylic oxidation sites excluding steroid dienone is 4. The smallest absolute Gasteiger partial charge is 0.0462 e. The molecule has 0 bridgehead atoms. The van der Waals surface area contributed by atoms with E-state index in [1.54, 1.807) is 0 Å². The molecule has 0 N–H and O–H groups in total. The minimum Gasteiger partial charge on any atom is -0.315 e. The van der Waals surface area contributed by atoms with Gasteiger partial charge in [-0.05, 0) is 119 Å². The molecule has 10 rings (SSSR count). The van der Waals surface area contributed by atoms with E-state index < -0.39 is 0 Å². The lowest BCUT2D eigenvalue weighted by Crippen LogP contribution is -2.27. The average molecular weight is 779 g/mol. The van der Waals surface area contributed by atoms with Crippen molar-refractivity contribution in [1.82, 2.24) is 0 Å². The molecule has 8 aromatic rings. The van der Waals surface area contributed by atoms with Crippen molar-refractivity contribution in [3.63, 3.8) is 0 Å². The molecule has 59 heavy (non-hydrogen) atoms. The molecule has 2 atom stereocenters. The molecule has 0 aliphatic heterocycles. The summed E-state index contributed by atoms with van der Waals surface area (Å²) in [4.78, 5) is 6.29. The summed E-state index contributed by atoms with van der Waals surface area (Å²) in [5, 5.41) is 1.37. The molecule has 3 heteroatoms. The van der Waals surface area contributed by atoms with Crippen LogP contribution in [0.25, 0.3) is 38.4 Å². The second-order valence-electron chi connectivity index (χ2n) is 16.1. The standard InChI is InChI=1S/C56H46N2S/c1-40-38-51(39-53-52-20-12-13-21-54(52)59-55(40)53)58(48-18-10-5-11-19-48)50-34-36-56(2,37-35-50)45-30-26-43(27-31-45)41-22-24-42(25-23-41)44-28-32-49(33-29-44)57(46-14-6-3-7-15-46)47-16-8-4-9-17-47/h3-36,39-40H,37-38H2,1-2H3. The fourth-order valence-electron chi connectivity index (χ4n) is 8.85. The van der Waals surface area contributed by atoms with Gasteiger partial charge < -0.3 is 9.80 Å². The number of para-hydroxylation sites is 3. The summed E-state index contributed by atoms with van der Waals surface area (Å²) < 4.78 is 1.38. The first-order valence-electron chi connectivity index (χ1n) is 20.7. The van der Waals surface area contributed by atoms with E-state index in [2.05, 4.69) is 236 Å². The Morgan fingerprint density at radius 3 is 1.54 bits per heavy atom. The van der Waals surface area contributed by atoms with E-state index in [9.17, 15) is 0 Å². The fourth-order valence-corrected chi connectivity index (χ4v) is 10.1. The Morgan fingerprint density at radius 2 is 1.00 bits per heavy atom. The van der Waals surface area contributed by atoms with Crippen LogP contribution in [0, 0.1) is 0 Å². The predicted molar refractivity (Wildman–Crippen MR) is 253 cm³/mol. The van der Waals surface area contributed by atoms with Crippen molar-refractivity contribution in [3.05, 3.63) is 234 Å². The molecule has 0 radical (unpaired) electrons. The van der Waals surface area contributed by atoms with Gasteiger partial charge in [-0.2, -0.15) is 0 Å². The molecule has 0 spiro atoms. The maximum Gasteiger partial charge on any atom is 0.0462 e. The van der Waals surface area contributed by atoms with Crippen molar-refractivity contribution in [1.29, 1.82) is 0 Å². The number of thiophene rings is 1. The molecule has 2 unspecified atom stereocenters. The van der Waals surface area contributed by atoms with E-state index in [1.165, 1.54) is 65.4 Å². The van der Waals surface area contributed by atoms with E-state index in [0.29, 0.717) is 5.92 Å². The third kappa shape index (κ3) is 7.13. The van der Waals surface area contributed by atoms with Crippen LogP contribution in [-0.2, 0) is 5.41 Å². The molecule has 1 heterocycles. The molecule has 2 aliphatic carbocycles. The number of nitrogens with zero attached hydrogens (tertiary/aromatic N) is 2. The molecule has 7 aromatic carbocycles. The van der Waals surface area contributed by atoms with Crippen LogP contribution in [0.3, 0.4) is 0 Å². The Bertz CT molecular complexity index is 2780. The van der Waals surface area contributed by atoms with Crippen LogP contribution in [0.5, 0.6) is 0 Å². The van der Waals surface area contributed by atoms with Crippen LogP contribution < -0.4 is 9.80 Å². The summed E-state index contributed by atoms with van der Waals surface area (Å²) in [6.45, 7) is 4.75. The van der Waals surface area contributed by atoms with E-state index >= 15 is 0 Å². The van der Waals surface area contributed by atoms with E-state index in [4.69, 9.17) is 0 Å². The van der Waals surface area contributed by atoms with E-state index in [1.807, 2.05) is 11.3 Å². The lowest BCUT2D eigenvalue weighted by atomic mass is 9.76. The van der Waals surface area contributed by atoms with Gasteiger partial charge in [-0.15, -0.1) is 11.3 Å². The molecule has 286 valence electrons. The minimum atomic E-state index is -0.0953. The zero-order chi connectivity index (χ0) is 39.8. The third-order valence-electron chi connectivity index (χ3n) is 12.1. The largest absolute Gasteiger partial charge is 0.315 e. The highest BCUT2D eigenvalue weighted by molar-refractivity contribution is 7.19. The highest BCUT2D eigenvalue weighted by Gasteiger charge is 2.30. The molecule has 0 saturated heterocycles. The van der Waals surface area contributed by atoms with Crippen LogP contribution in [0.1, 0.15) is 48.6 Å². The first-order chi connectivity index (χ1) is 29.0. The zero-order valence-corrected chi connectivity index (χ0v) is 34.3. The first-order valence-corrected chi connectivity index (χ1v) is 21.5. The predicted octanol–water partition coefficient (Wildman–Crippen LogP) is 15.9. The highest BCUT2D eigenvalue weighted by atomic mass is 32.1. The number of rotatable bonds is 9. The molecular formula is C56H46N2S.